The summed E-state index contributed by atoms with van der Waals surface area (Å²) in [6, 6.07) is 13.6. The normalized spacial score (nSPS) is 13.3. The van der Waals surface area contributed by atoms with Crippen molar-refractivity contribution in [2.24, 2.45) is 0 Å². The first-order valence-electron chi connectivity index (χ1n) is 9.26. The molecule has 1 aliphatic rings. The lowest BCUT2D eigenvalue weighted by molar-refractivity contribution is 0.102. The molecule has 6 nitrogen and oxygen atoms in total. The van der Waals surface area contributed by atoms with Gasteiger partial charge in [-0.2, -0.15) is 0 Å². The zero-order valence-electron chi connectivity index (χ0n) is 15.6. The number of anilines is 2. The van der Waals surface area contributed by atoms with E-state index in [4.69, 9.17) is 11.6 Å². The summed E-state index contributed by atoms with van der Waals surface area (Å²) in [4.78, 5) is 35.5. The number of benzene rings is 2. The maximum atomic E-state index is 13.1. The van der Waals surface area contributed by atoms with E-state index in [1.165, 1.54) is 22.7 Å². The topological polar surface area (TPSA) is 75.2 Å². The quantitative estimate of drug-likeness (QED) is 0.437. The zero-order valence-corrected chi connectivity index (χ0v) is 18.0. The SMILES string of the molecule is O=Cc1sc(N2CCc3cccc(C(=O)Nc4nc5ccccc5s4)c3C2)nc1Cl. The minimum Gasteiger partial charge on any atom is -0.343 e. The number of thiazole rings is 2. The third kappa shape index (κ3) is 3.47. The Kier molecular flexibility index (Phi) is 4.98. The zero-order chi connectivity index (χ0) is 20.7. The number of rotatable bonds is 4. The van der Waals surface area contributed by atoms with Gasteiger partial charge in [-0.1, -0.05) is 58.5 Å². The van der Waals surface area contributed by atoms with E-state index in [9.17, 15) is 9.59 Å². The molecule has 0 unspecified atom stereocenters. The molecule has 5 rings (SSSR count). The fourth-order valence-corrected chi connectivity index (χ4v) is 5.51. The van der Waals surface area contributed by atoms with Crippen LogP contribution in [0.25, 0.3) is 10.2 Å². The first kappa shape index (κ1) is 19.2. The summed E-state index contributed by atoms with van der Waals surface area (Å²) in [5.41, 5.74) is 3.59. The van der Waals surface area contributed by atoms with Crippen LogP contribution < -0.4 is 10.2 Å². The van der Waals surface area contributed by atoms with E-state index < -0.39 is 0 Å². The van der Waals surface area contributed by atoms with Crippen LogP contribution >= 0.6 is 34.3 Å². The van der Waals surface area contributed by atoms with Crippen molar-refractivity contribution < 1.29 is 9.59 Å². The van der Waals surface area contributed by atoms with Crippen molar-refractivity contribution in [2.45, 2.75) is 13.0 Å². The van der Waals surface area contributed by atoms with Gasteiger partial charge in [0, 0.05) is 18.7 Å². The number of nitrogens with one attached hydrogen (secondary N) is 1. The van der Waals surface area contributed by atoms with Gasteiger partial charge in [-0.05, 0) is 35.7 Å². The second kappa shape index (κ2) is 7.79. The second-order valence-corrected chi connectivity index (χ2v) is 9.22. The molecule has 1 amide bonds. The number of aromatic nitrogens is 2. The molecule has 0 bridgehead atoms. The largest absolute Gasteiger partial charge is 0.343 e. The summed E-state index contributed by atoms with van der Waals surface area (Å²) >= 11 is 8.76. The van der Waals surface area contributed by atoms with Crippen LogP contribution in [-0.4, -0.2) is 28.7 Å². The van der Waals surface area contributed by atoms with Crippen molar-refractivity contribution in [3.8, 4) is 0 Å². The molecule has 1 N–H and O–H groups in total. The average molecular weight is 455 g/mol. The number of halogens is 1. The lowest BCUT2D eigenvalue weighted by atomic mass is 9.94. The van der Waals surface area contributed by atoms with E-state index in [0.717, 1.165) is 40.6 Å². The smallest absolute Gasteiger partial charge is 0.257 e. The molecule has 0 fully saturated rings. The Morgan fingerprint density at radius 2 is 2.00 bits per heavy atom. The van der Waals surface area contributed by atoms with Crippen LogP contribution in [0.3, 0.4) is 0 Å². The van der Waals surface area contributed by atoms with E-state index in [1.807, 2.05) is 42.5 Å². The lowest BCUT2D eigenvalue weighted by Crippen LogP contribution is -2.32. The summed E-state index contributed by atoms with van der Waals surface area (Å²) in [7, 11) is 0. The maximum Gasteiger partial charge on any atom is 0.257 e. The molecule has 1 aliphatic heterocycles. The Hall–Kier alpha value is -2.81. The number of hydrogen-bond donors (Lipinski definition) is 1. The molecule has 0 radical (unpaired) electrons. The average Bonchev–Trinajstić information content (AvgIpc) is 3.35. The summed E-state index contributed by atoms with van der Waals surface area (Å²) < 4.78 is 1.03. The molecule has 150 valence electrons. The van der Waals surface area contributed by atoms with Crippen LogP contribution in [0.2, 0.25) is 5.15 Å². The molecule has 2 aromatic carbocycles. The fourth-order valence-electron chi connectivity index (χ4n) is 3.56. The third-order valence-electron chi connectivity index (χ3n) is 5.01. The van der Waals surface area contributed by atoms with Gasteiger partial charge >= 0.3 is 0 Å². The van der Waals surface area contributed by atoms with Crippen LogP contribution in [0.15, 0.2) is 42.5 Å². The molecule has 2 aromatic heterocycles. The van der Waals surface area contributed by atoms with E-state index >= 15 is 0 Å². The molecule has 0 saturated carbocycles. The molecule has 0 atom stereocenters. The Balaban J connectivity index is 1.43. The lowest BCUT2D eigenvalue weighted by Gasteiger charge is -2.29. The van der Waals surface area contributed by atoms with Crippen molar-refractivity contribution in [1.82, 2.24) is 9.97 Å². The number of hydrogen-bond acceptors (Lipinski definition) is 7. The van der Waals surface area contributed by atoms with Crippen molar-refractivity contribution >= 4 is 66.9 Å². The molecule has 0 spiro atoms. The number of carbonyl (C=O) groups is 2. The summed E-state index contributed by atoms with van der Waals surface area (Å²) in [6.07, 6.45) is 1.50. The summed E-state index contributed by atoms with van der Waals surface area (Å²) in [5, 5.41) is 4.43. The highest BCUT2D eigenvalue weighted by Gasteiger charge is 2.25. The third-order valence-corrected chi connectivity index (χ3v) is 7.40. The van der Waals surface area contributed by atoms with E-state index in [2.05, 4.69) is 20.2 Å². The number of para-hydroxylation sites is 1. The number of nitrogens with zero attached hydrogens (tertiary/aromatic N) is 3. The minimum atomic E-state index is -0.182. The molecule has 0 aliphatic carbocycles. The Bertz CT molecular complexity index is 1250. The molecule has 9 heteroatoms. The van der Waals surface area contributed by atoms with Gasteiger partial charge in [0.1, 0.15) is 4.88 Å². The number of fused-ring (bicyclic) bond motifs is 2. The number of carbonyl (C=O) groups excluding carboxylic acids is 2. The first-order chi connectivity index (χ1) is 14.6. The Morgan fingerprint density at radius 1 is 1.13 bits per heavy atom. The van der Waals surface area contributed by atoms with Gasteiger partial charge in [0.15, 0.2) is 21.7 Å². The van der Waals surface area contributed by atoms with Gasteiger partial charge in [0.25, 0.3) is 5.91 Å². The molecule has 4 aromatic rings. The van der Waals surface area contributed by atoms with Crippen LogP contribution in [0, 0.1) is 0 Å². The van der Waals surface area contributed by atoms with Gasteiger partial charge in [-0.25, -0.2) is 9.97 Å². The highest BCUT2D eigenvalue weighted by molar-refractivity contribution is 7.22. The first-order valence-corrected chi connectivity index (χ1v) is 11.3. The predicted octanol–water partition coefficient (Wildman–Crippen LogP) is 5.03. The minimum absolute atomic E-state index is 0.182. The molecule has 3 heterocycles. The van der Waals surface area contributed by atoms with Gasteiger partial charge in [-0.15, -0.1) is 0 Å². The number of amides is 1. The molecular weight excluding hydrogens is 440 g/mol. The van der Waals surface area contributed by atoms with Crippen molar-refractivity contribution in [1.29, 1.82) is 0 Å². The second-order valence-electron chi connectivity index (χ2n) is 6.83. The van der Waals surface area contributed by atoms with Gasteiger partial charge in [0.2, 0.25) is 0 Å². The van der Waals surface area contributed by atoms with Crippen molar-refractivity contribution in [2.75, 3.05) is 16.8 Å². The van der Waals surface area contributed by atoms with E-state index in [-0.39, 0.29) is 11.1 Å². The summed E-state index contributed by atoms with van der Waals surface area (Å²) in [6.45, 7) is 1.28. The van der Waals surface area contributed by atoms with E-state index in [0.29, 0.717) is 27.2 Å². The monoisotopic (exact) mass is 454 g/mol. The van der Waals surface area contributed by atoms with Crippen LogP contribution in [0.1, 0.15) is 31.2 Å². The van der Waals surface area contributed by atoms with Crippen LogP contribution in [0.5, 0.6) is 0 Å². The molecular formula is C21H15ClN4O2S2. The highest BCUT2D eigenvalue weighted by Crippen LogP contribution is 2.33. The van der Waals surface area contributed by atoms with Crippen LogP contribution in [-0.2, 0) is 13.0 Å². The van der Waals surface area contributed by atoms with Gasteiger partial charge in [-0.3, -0.25) is 14.9 Å². The summed E-state index contributed by atoms with van der Waals surface area (Å²) in [5.74, 6) is -0.182. The standard InChI is InChI=1S/C21H15ClN4O2S2/c22-18-17(11-27)30-21(24-18)26-9-8-12-4-3-5-13(14(12)10-26)19(28)25-20-23-15-6-1-2-7-16(15)29-20/h1-7,11H,8-10H2,(H,23,25,28). The molecule has 30 heavy (non-hydrogen) atoms. The predicted molar refractivity (Wildman–Crippen MR) is 121 cm³/mol. The van der Waals surface area contributed by atoms with Crippen LogP contribution in [0.4, 0.5) is 10.3 Å². The van der Waals surface area contributed by atoms with Gasteiger partial charge < -0.3 is 4.90 Å². The fraction of sp³-hybridized carbons (Fsp3) is 0.143. The van der Waals surface area contributed by atoms with Crippen molar-refractivity contribution in [3.05, 3.63) is 69.2 Å². The van der Waals surface area contributed by atoms with Crippen molar-refractivity contribution in [3.63, 3.8) is 0 Å². The van der Waals surface area contributed by atoms with E-state index in [1.54, 1.807) is 0 Å². The van der Waals surface area contributed by atoms with Gasteiger partial charge in [0.05, 0.1) is 10.2 Å². The Labute approximate surface area is 185 Å². The Morgan fingerprint density at radius 3 is 2.80 bits per heavy atom. The molecule has 0 saturated heterocycles. The maximum absolute atomic E-state index is 13.1. The highest BCUT2D eigenvalue weighted by atomic mass is 35.5. The number of aldehydes is 1.